The zero-order valence-electron chi connectivity index (χ0n) is 15.8. The average molecular weight is 437 g/mol. The number of hydrogen-bond acceptors (Lipinski definition) is 4. The van der Waals surface area contributed by atoms with Gasteiger partial charge >= 0.3 is 0 Å². The molecule has 0 aliphatic carbocycles. The third-order valence-corrected chi connectivity index (χ3v) is 5.52. The van der Waals surface area contributed by atoms with Gasteiger partial charge in [-0.25, -0.2) is 0 Å². The highest BCUT2D eigenvalue weighted by molar-refractivity contribution is 6.42. The molecule has 1 heterocycles. The number of nitrogens with zero attached hydrogens (tertiary/aromatic N) is 2. The number of hydrogen-bond donors (Lipinski definition) is 1. The van der Waals surface area contributed by atoms with E-state index in [-0.39, 0.29) is 17.6 Å². The predicted octanol–water partition coefficient (Wildman–Crippen LogP) is 3.84. The van der Waals surface area contributed by atoms with Gasteiger partial charge in [-0.3, -0.25) is 9.59 Å². The van der Waals surface area contributed by atoms with Crippen molar-refractivity contribution >= 4 is 35.0 Å². The van der Waals surface area contributed by atoms with Crippen LogP contribution in [0.1, 0.15) is 23.2 Å². The van der Waals surface area contributed by atoms with Crippen molar-refractivity contribution in [2.75, 3.05) is 32.8 Å². The van der Waals surface area contributed by atoms with E-state index in [9.17, 15) is 14.7 Å². The van der Waals surface area contributed by atoms with E-state index in [0.717, 1.165) is 0 Å². The van der Waals surface area contributed by atoms with Crippen LogP contribution < -0.4 is 4.74 Å². The monoisotopic (exact) mass is 436 g/mol. The highest BCUT2D eigenvalue weighted by Gasteiger charge is 2.24. The fourth-order valence-electron chi connectivity index (χ4n) is 3.14. The van der Waals surface area contributed by atoms with Crippen molar-refractivity contribution in [3.05, 3.63) is 58.1 Å². The van der Waals surface area contributed by atoms with Gasteiger partial charge in [-0.1, -0.05) is 35.3 Å². The first-order valence-corrected chi connectivity index (χ1v) is 10.1. The number of aromatic hydroxyl groups is 1. The molecule has 1 aliphatic heterocycles. The van der Waals surface area contributed by atoms with E-state index in [1.54, 1.807) is 40.1 Å². The maximum atomic E-state index is 12.5. The minimum Gasteiger partial charge on any atom is -0.508 e. The molecule has 3 rings (SSSR count). The van der Waals surface area contributed by atoms with Crippen molar-refractivity contribution in [2.24, 2.45) is 0 Å². The van der Waals surface area contributed by atoms with Crippen LogP contribution in [0.3, 0.4) is 0 Å². The van der Waals surface area contributed by atoms with E-state index in [1.165, 1.54) is 12.1 Å². The minimum absolute atomic E-state index is 0.0373. The summed E-state index contributed by atoms with van der Waals surface area (Å²) in [6, 6.07) is 11.5. The van der Waals surface area contributed by atoms with Gasteiger partial charge in [-0.2, -0.15) is 0 Å². The van der Waals surface area contributed by atoms with Crippen LogP contribution in [0.4, 0.5) is 0 Å². The first kappa shape index (κ1) is 21.3. The Morgan fingerprint density at radius 3 is 2.41 bits per heavy atom. The SMILES string of the molecule is O=C(CCCOc1cccc(Cl)c1Cl)N1CCN(C(=O)c2cccc(O)c2)CC1. The topological polar surface area (TPSA) is 70.1 Å². The number of piperazine rings is 1. The van der Waals surface area contributed by atoms with Gasteiger partial charge in [0.15, 0.2) is 0 Å². The average Bonchev–Trinajstić information content (AvgIpc) is 2.73. The molecule has 0 aromatic heterocycles. The molecule has 2 amide bonds. The summed E-state index contributed by atoms with van der Waals surface area (Å²) in [6.07, 6.45) is 0.919. The summed E-state index contributed by atoms with van der Waals surface area (Å²) in [5.41, 5.74) is 0.446. The van der Waals surface area contributed by atoms with E-state index in [1.807, 2.05) is 0 Å². The number of rotatable bonds is 6. The molecule has 2 aromatic rings. The van der Waals surface area contributed by atoms with E-state index < -0.39 is 0 Å². The molecular formula is C21H22Cl2N2O4. The Bertz CT molecular complexity index is 883. The summed E-state index contributed by atoms with van der Waals surface area (Å²) in [6.45, 7) is 2.28. The van der Waals surface area contributed by atoms with Gasteiger partial charge in [-0.05, 0) is 36.8 Å². The summed E-state index contributed by atoms with van der Waals surface area (Å²) < 4.78 is 5.60. The number of ether oxygens (including phenoxy) is 1. The summed E-state index contributed by atoms with van der Waals surface area (Å²) in [4.78, 5) is 28.4. The van der Waals surface area contributed by atoms with Crippen molar-refractivity contribution in [1.82, 2.24) is 9.80 Å². The van der Waals surface area contributed by atoms with Crippen LogP contribution in [0.5, 0.6) is 11.5 Å². The molecule has 0 atom stereocenters. The molecular weight excluding hydrogens is 415 g/mol. The van der Waals surface area contributed by atoms with Crippen LogP contribution in [0.15, 0.2) is 42.5 Å². The largest absolute Gasteiger partial charge is 0.508 e. The van der Waals surface area contributed by atoms with Crippen molar-refractivity contribution in [3.8, 4) is 11.5 Å². The lowest BCUT2D eigenvalue weighted by atomic mass is 10.1. The molecule has 2 aromatic carbocycles. The fraction of sp³-hybridized carbons (Fsp3) is 0.333. The third kappa shape index (κ3) is 5.55. The van der Waals surface area contributed by atoms with E-state index >= 15 is 0 Å². The summed E-state index contributed by atoms with van der Waals surface area (Å²) in [5.74, 6) is 0.465. The number of amides is 2. The molecule has 0 spiro atoms. The van der Waals surface area contributed by atoms with Crippen LogP contribution in [0, 0.1) is 0 Å². The maximum absolute atomic E-state index is 12.5. The third-order valence-electron chi connectivity index (χ3n) is 4.72. The second kappa shape index (κ2) is 9.85. The Hall–Kier alpha value is -2.44. The van der Waals surface area contributed by atoms with Crippen LogP contribution in [0.25, 0.3) is 0 Å². The number of carbonyl (C=O) groups excluding carboxylic acids is 2. The molecule has 0 bridgehead atoms. The maximum Gasteiger partial charge on any atom is 0.254 e. The number of carbonyl (C=O) groups is 2. The fourth-order valence-corrected chi connectivity index (χ4v) is 3.49. The van der Waals surface area contributed by atoms with Crippen molar-refractivity contribution in [2.45, 2.75) is 12.8 Å². The highest BCUT2D eigenvalue weighted by Crippen LogP contribution is 2.31. The molecule has 6 nitrogen and oxygen atoms in total. The second-order valence-electron chi connectivity index (χ2n) is 6.73. The molecule has 29 heavy (non-hydrogen) atoms. The quantitative estimate of drug-likeness (QED) is 0.698. The molecule has 1 N–H and O–H groups in total. The van der Waals surface area contributed by atoms with Gasteiger partial charge in [0.05, 0.1) is 11.6 Å². The predicted molar refractivity (Wildman–Crippen MR) is 112 cm³/mol. The summed E-state index contributed by atoms with van der Waals surface area (Å²) in [7, 11) is 0. The number of benzene rings is 2. The van der Waals surface area contributed by atoms with Crippen molar-refractivity contribution in [3.63, 3.8) is 0 Å². The standard InChI is InChI=1S/C21H22Cl2N2O4/c22-17-6-2-7-18(20(17)23)29-13-3-8-19(27)24-9-11-25(12-10-24)21(28)15-4-1-5-16(26)14-15/h1-2,4-7,14,26H,3,8-13H2. The zero-order valence-corrected chi connectivity index (χ0v) is 17.3. The van der Waals surface area contributed by atoms with Crippen LogP contribution in [0.2, 0.25) is 10.0 Å². The minimum atomic E-state index is -0.139. The van der Waals surface area contributed by atoms with Gasteiger partial charge in [0.2, 0.25) is 5.91 Å². The van der Waals surface area contributed by atoms with Gasteiger partial charge in [0.25, 0.3) is 5.91 Å². The Balaban J connectivity index is 1.41. The zero-order chi connectivity index (χ0) is 20.8. The second-order valence-corrected chi connectivity index (χ2v) is 7.51. The molecule has 1 saturated heterocycles. The van der Waals surface area contributed by atoms with Crippen molar-refractivity contribution < 1.29 is 19.4 Å². The molecule has 154 valence electrons. The first-order valence-electron chi connectivity index (χ1n) is 9.38. The molecule has 0 unspecified atom stereocenters. The van der Waals surface area contributed by atoms with Gasteiger partial charge in [0, 0.05) is 38.2 Å². The lowest BCUT2D eigenvalue weighted by molar-refractivity contribution is -0.132. The highest BCUT2D eigenvalue weighted by atomic mass is 35.5. The Kier molecular flexibility index (Phi) is 7.23. The summed E-state index contributed by atoms with van der Waals surface area (Å²) >= 11 is 12.0. The molecule has 1 fully saturated rings. The molecule has 0 saturated carbocycles. The normalized spacial score (nSPS) is 14.0. The summed E-state index contributed by atoms with van der Waals surface area (Å²) in [5, 5.41) is 10.3. The van der Waals surface area contributed by atoms with Gasteiger partial charge < -0.3 is 19.6 Å². The van der Waals surface area contributed by atoms with Gasteiger partial charge in [0.1, 0.15) is 16.5 Å². The van der Waals surface area contributed by atoms with E-state index in [0.29, 0.717) is 67.0 Å². The Morgan fingerprint density at radius 2 is 1.69 bits per heavy atom. The molecule has 0 radical (unpaired) electrons. The van der Waals surface area contributed by atoms with Crippen LogP contribution in [-0.2, 0) is 4.79 Å². The van der Waals surface area contributed by atoms with Crippen LogP contribution in [-0.4, -0.2) is 59.5 Å². The van der Waals surface area contributed by atoms with Crippen LogP contribution >= 0.6 is 23.2 Å². The number of phenols is 1. The molecule has 1 aliphatic rings. The van der Waals surface area contributed by atoms with E-state index in [4.69, 9.17) is 27.9 Å². The first-order chi connectivity index (χ1) is 14.0. The smallest absolute Gasteiger partial charge is 0.254 e. The number of phenolic OH excluding ortho intramolecular Hbond substituents is 1. The molecule has 8 heteroatoms. The Labute approximate surface area is 179 Å². The van der Waals surface area contributed by atoms with E-state index in [2.05, 4.69) is 0 Å². The lowest BCUT2D eigenvalue weighted by Gasteiger charge is -2.35. The lowest BCUT2D eigenvalue weighted by Crippen LogP contribution is -2.50. The van der Waals surface area contributed by atoms with Crippen molar-refractivity contribution in [1.29, 1.82) is 0 Å². The Morgan fingerprint density at radius 1 is 1.00 bits per heavy atom. The number of halogens is 2. The van der Waals surface area contributed by atoms with Gasteiger partial charge in [-0.15, -0.1) is 0 Å².